The standard InChI is InChI=1S/C27H31N/c1-21-18-24(19-22(2)23(21)3)20-28-16-14-27(15-17-28,25-10-6-4-7-11-25)26-12-8-5-9-13-26/h4-13,18-19H,14-17,20H2,1-3H3. The lowest BCUT2D eigenvalue weighted by molar-refractivity contribution is 0.172. The van der Waals surface area contributed by atoms with Gasteiger partial charge in [-0.25, -0.2) is 0 Å². The van der Waals surface area contributed by atoms with Crippen LogP contribution in [0.25, 0.3) is 0 Å². The van der Waals surface area contributed by atoms with E-state index in [2.05, 4.69) is 98.5 Å². The number of likely N-dealkylation sites (tertiary alicyclic amines) is 1. The Morgan fingerprint density at radius 1 is 0.714 bits per heavy atom. The number of hydrogen-bond donors (Lipinski definition) is 0. The fraction of sp³-hybridized carbons (Fsp3) is 0.333. The van der Waals surface area contributed by atoms with E-state index in [0.717, 1.165) is 19.6 Å². The summed E-state index contributed by atoms with van der Waals surface area (Å²) in [6.45, 7) is 10.0. The van der Waals surface area contributed by atoms with Gasteiger partial charge in [0.2, 0.25) is 0 Å². The van der Waals surface area contributed by atoms with E-state index >= 15 is 0 Å². The summed E-state index contributed by atoms with van der Waals surface area (Å²) in [6.07, 6.45) is 2.34. The molecule has 1 aliphatic rings. The number of rotatable bonds is 4. The molecule has 4 rings (SSSR count). The minimum absolute atomic E-state index is 0.137. The molecule has 0 aliphatic carbocycles. The summed E-state index contributed by atoms with van der Waals surface area (Å²) in [7, 11) is 0. The highest BCUT2D eigenvalue weighted by Gasteiger charge is 2.37. The van der Waals surface area contributed by atoms with E-state index in [-0.39, 0.29) is 5.41 Å². The highest BCUT2D eigenvalue weighted by atomic mass is 15.1. The van der Waals surface area contributed by atoms with Crippen LogP contribution in [-0.4, -0.2) is 18.0 Å². The third kappa shape index (κ3) is 3.64. The summed E-state index contributed by atoms with van der Waals surface area (Å²) < 4.78 is 0. The molecule has 0 bridgehead atoms. The molecule has 3 aromatic rings. The summed E-state index contributed by atoms with van der Waals surface area (Å²) >= 11 is 0. The lowest BCUT2D eigenvalue weighted by Crippen LogP contribution is -2.43. The third-order valence-electron chi connectivity index (χ3n) is 6.76. The largest absolute Gasteiger partial charge is 0.299 e. The van der Waals surface area contributed by atoms with Crippen LogP contribution in [0.5, 0.6) is 0 Å². The molecule has 1 nitrogen and oxygen atoms in total. The van der Waals surface area contributed by atoms with Gasteiger partial charge in [0.25, 0.3) is 0 Å². The minimum atomic E-state index is 0.137. The van der Waals surface area contributed by atoms with Crippen molar-refractivity contribution in [3.05, 3.63) is 106 Å². The van der Waals surface area contributed by atoms with Gasteiger partial charge < -0.3 is 0 Å². The van der Waals surface area contributed by atoms with Crippen LogP contribution in [0.2, 0.25) is 0 Å². The molecule has 1 aliphatic heterocycles. The van der Waals surface area contributed by atoms with E-state index in [9.17, 15) is 0 Å². The predicted octanol–water partition coefficient (Wildman–Crippen LogP) is 6.19. The molecule has 1 heterocycles. The van der Waals surface area contributed by atoms with E-state index in [1.807, 2.05) is 0 Å². The Morgan fingerprint density at radius 3 is 1.64 bits per heavy atom. The van der Waals surface area contributed by atoms with Gasteiger partial charge >= 0.3 is 0 Å². The van der Waals surface area contributed by atoms with Crippen LogP contribution in [-0.2, 0) is 12.0 Å². The molecule has 1 heteroatoms. The summed E-state index contributed by atoms with van der Waals surface area (Å²) in [5.41, 5.74) is 8.76. The highest BCUT2D eigenvalue weighted by molar-refractivity contribution is 5.40. The Morgan fingerprint density at radius 2 is 1.18 bits per heavy atom. The van der Waals surface area contributed by atoms with Gasteiger partial charge in [0.15, 0.2) is 0 Å². The van der Waals surface area contributed by atoms with Crippen molar-refractivity contribution in [2.24, 2.45) is 0 Å². The molecule has 1 saturated heterocycles. The molecule has 0 aromatic heterocycles. The maximum Gasteiger partial charge on any atom is 0.0233 e. The fourth-order valence-corrected chi connectivity index (χ4v) is 4.83. The number of benzene rings is 3. The second-order valence-corrected chi connectivity index (χ2v) is 8.44. The van der Waals surface area contributed by atoms with Gasteiger partial charge in [-0.1, -0.05) is 72.8 Å². The molecule has 0 spiro atoms. The van der Waals surface area contributed by atoms with E-state index in [1.165, 1.54) is 46.2 Å². The Balaban J connectivity index is 1.56. The quantitative estimate of drug-likeness (QED) is 0.530. The molecule has 0 radical (unpaired) electrons. The van der Waals surface area contributed by atoms with E-state index < -0.39 is 0 Å². The smallest absolute Gasteiger partial charge is 0.0233 e. The van der Waals surface area contributed by atoms with Gasteiger partial charge in [-0.15, -0.1) is 0 Å². The molecule has 144 valence electrons. The van der Waals surface area contributed by atoms with Crippen LogP contribution in [0.15, 0.2) is 72.8 Å². The fourth-order valence-electron chi connectivity index (χ4n) is 4.83. The first-order valence-electron chi connectivity index (χ1n) is 10.5. The van der Waals surface area contributed by atoms with Crippen LogP contribution >= 0.6 is 0 Å². The van der Waals surface area contributed by atoms with E-state index in [4.69, 9.17) is 0 Å². The zero-order chi connectivity index (χ0) is 19.6. The molecule has 1 fully saturated rings. The SMILES string of the molecule is Cc1cc(CN2CCC(c3ccccc3)(c3ccccc3)CC2)cc(C)c1C. The summed E-state index contributed by atoms with van der Waals surface area (Å²) in [6, 6.07) is 27.0. The maximum absolute atomic E-state index is 2.63. The molecule has 0 atom stereocenters. The molecule has 3 aromatic carbocycles. The Kier molecular flexibility index (Phi) is 5.37. The molecule has 0 amide bonds. The molecular formula is C27H31N. The Hall–Kier alpha value is -2.38. The topological polar surface area (TPSA) is 3.24 Å². The van der Waals surface area contributed by atoms with Crippen LogP contribution in [0.1, 0.15) is 46.2 Å². The first-order valence-corrected chi connectivity index (χ1v) is 10.5. The van der Waals surface area contributed by atoms with Crippen molar-refractivity contribution in [2.75, 3.05) is 13.1 Å². The number of piperidine rings is 1. The van der Waals surface area contributed by atoms with Gasteiger partial charge in [-0.2, -0.15) is 0 Å². The maximum atomic E-state index is 2.63. The molecule has 28 heavy (non-hydrogen) atoms. The Labute approximate surface area is 170 Å². The average molecular weight is 370 g/mol. The van der Waals surface area contributed by atoms with E-state index in [1.54, 1.807) is 0 Å². The van der Waals surface area contributed by atoms with Crippen molar-refractivity contribution in [1.29, 1.82) is 0 Å². The average Bonchev–Trinajstić information content (AvgIpc) is 2.74. The van der Waals surface area contributed by atoms with Crippen molar-refractivity contribution < 1.29 is 0 Å². The number of nitrogens with zero attached hydrogens (tertiary/aromatic N) is 1. The van der Waals surface area contributed by atoms with Crippen molar-refractivity contribution in [3.8, 4) is 0 Å². The summed E-state index contributed by atoms with van der Waals surface area (Å²) in [5, 5.41) is 0. The monoisotopic (exact) mass is 369 g/mol. The second-order valence-electron chi connectivity index (χ2n) is 8.44. The summed E-state index contributed by atoms with van der Waals surface area (Å²) in [5.74, 6) is 0. The van der Waals surface area contributed by atoms with Crippen molar-refractivity contribution in [2.45, 2.75) is 45.6 Å². The van der Waals surface area contributed by atoms with Crippen LogP contribution in [0, 0.1) is 20.8 Å². The molecule has 0 N–H and O–H groups in total. The normalized spacial score (nSPS) is 16.8. The lowest BCUT2D eigenvalue weighted by atomic mass is 9.68. The molecule has 0 saturated carbocycles. The zero-order valence-electron chi connectivity index (χ0n) is 17.4. The zero-order valence-corrected chi connectivity index (χ0v) is 17.4. The van der Waals surface area contributed by atoms with Crippen molar-refractivity contribution in [1.82, 2.24) is 4.90 Å². The first-order chi connectivity index (χ1) is 13.6. The van der Waals surface area contributed by atoms with Gasteiger partial charge in [0.05, 0.1) is 0 Å². The van der Waals surface area contributed by atoms with Crippen molar-refractivity contribution >= 4 is 0 Å². The Bertz CT molecular complexity index is 854. The van der Waals surface area contributed by atoms with Gasteiger partial charge in [0.1, 0.15) is 0 Å². The van der Waals surface area contributed by atoms with Gasteiger partial charge in [-0.05, 0) is 80.1 Å². The number of hydrogen-bond acceptors (Lipinski definition) is 1. The van der Waals surface area contributed by atoms with Crippen LogP contribution in [0.4, 0.5) is 0 Å². The van der Waals surface area contributed by atoms with Crippen molar-refractivity contribution in [3.63, 3.8) is 0 Å². The summed E-state index contributed by atoms with van der Waals surface area (Å²) in [4.78, 5) is 2.63. The second kappa shape index (κ2) is 7.93. The first kappa shape index (κ1) is 19.0. The van der Waals surface area contributed by atoms with Crippen LogP contribution in [0.3, 0.4) is 0 Å². The lowest BCUT2D eigenvalue weighted by Gasteiger charge is -2.43. The van der Waals surface area contributed by atoms with Crippen LogP contribution < -0.4 is 0 Å². The molecular weight excluding hydrogens is 338 g/mol. The third-order valence-corrected chi connectivity index (χ3v) is 6.76. The number of aryl methyl sites for hydroxylation is 2. The van der Waals surface area contributed by atoms with E-state index in [0.29, 0.717) is 0 Å². The highest BCUT2D eigenvalue weighted by Crippen LogP contribution is 2.41. The van der Waals surface area contributed by atoms with Gasteiger partial charge in [-0.3, -0.25) is 4.90 Å². The predicted molar refractivity (Wildman–Crippen MR) is 119 cm³/mol. The molecule has 0 unspecified atom stereocenters. The van der Waals surface area contributed by atoms with Gasteiger partial charge in [0, 0.05) is 12.0 Å². The minimum Gasteiger partial charge on any atom is -0.299 e.